The van der Waals surface area contributed by atoms with E-state index in [2.05, 4.69) is 10.3 Å². The molecule has 0 spiro atoms. The van der Waals surface area contributed by atoms with E-state index in [1.165, 1.54) is 6.07 Å². The number of fused-ring (bicyclic) bond motifs is 1. The Bertz CT molecular complexity index is 1030. The smallest absolute Gasteiger partial charge is 0.351 e. The number of amides is 1. The molecule has 0 bridgehead atoms. The van der Waals surface area contributed by atoms with Crippen LogP contribution < -0.4 is 20.6 Å². The molecular formula is C19H20F2N4O5. The van der Waals surface area contributed by atoms with E-state index in [0.717, 1.165) is 11.9 Å². The Morgan fingerprint density at radius 1 is 1.40 bits per heavy atom. The quantitative estimate of drug-likeness (QED) is 0.764. The lowest BCUT2D eigenvalue weighted by Gasteiger charge is -2.27. The largest absolute Gasteiger partial charge is 0.490 e. The number of benzene rings is 1. The molecule has 160 valence electrons. The molecule has 2 aromatic rings. The Morgan fingerprint density at radius 3 is 2.90 bits per heavy atom. The van der Waals surface area contributed by atoms with Crippen LogP contribution in [0, 0.1) is 0 Å². The molecule has 0 saturated carbocycles. The first-order valence-corrected chi connectivity index (χ1v) is 9.31. The lowest BCUT2D eigenvalue weighted by molar-refractivity contribution is -0.120. The maximum Gasteiger partial charge on any atom is 0.351 e. The molecule has 2 unspecified atom stereocenters. The number of carbonyl (C=O) groups is 1. The zero-order valence-electron chi connectivity index (χ0n) is 16.0. The number of likely N-dealkylation sites (N-methyl/N-ethyl adjacent to an activating group) is 1. The molecule has 11 heteroatoms. The summed E-state index contributed by atoms with van der Waals surface area (Å²) in [5, 5.41) is 11.5. The van der Waals surface area contributed by atoms with Crippen molar-refractivity contribution in [1.82, 2.24) is 9.55 Å². The number of hydrogen-bond donors (Lipinski definition) is 2. The highest BCUT2D eigenvalue weighted by Gasteiger charge is 2.51. The molecule has 0 aliphatic carbocycles. The monoisotopic (exact) mass is 422 g/mol. The molecule has 1 aromatic carbocycles. The predicted octanol–water partition coefficient (Wildman–Crippen LogP) is 1.24. The van der Waals surface area contributed by atoms with Gasteiger partial charge < -0.3 is 24.8 Å². The Kier molecular flexibility index (Phi) is 5.16. The lowest BCUT2D eigenvalue weighted by atomic mass is 10.1. The summed E-state index contributed by atoms with van der Waals surface area (Å²) in [4.78, 5) is 30.4. The number of halogens is 2. The van der Waals surface area contributed by atoms with Gasteiger partial charge in [0, 0.05) is 25.2 Å². The number of alkyl halides is 2. The normalized spacial score (nSPS) is 22.3. The summed E-state index contributed by atoms with van der Waals surface area (Å²) < 4.78 is 39.5. The van der Waals surface area contributed by atoms with Gasteiger partial charge in [-0.25, -0.2) is 13.6 Å². The third-order valence-electron chi connectivity index (χ3n) is 5.03. The zero-order valence-corrected chi connectivity index (χ0v) is 16.0. The summed E-state index contributed by atoms with van der Waals surface area (Å²) in [7, 11) is 1.88. The minimum absolute atomic E-state index is 0.0800. The predicted molar refractivity (Wildman–Crippen MR) is 102 cm³/mol. The highest BCUT2D eigenvalue weighted by atomic mass is 19.3. The first-order chi connectivity index (χ1) is 14.3. The fourth-order valence-corrected chi connectivity index (χ4v) is 3.45. The Balaban J connectivity index is 1.52. The van der Waals surface area contributed by atoms with Crippen LogP contribution in [0.5, 0.6) is 5.75 Å². The van der Waals surface area contributed by atoms with E-state index in [4.69, 9.17) is 14.6 Å². The van der Waals surface area contributed by atoms with E-state index in [1.54, 1.807) is 18.2 Å². The minimum atomic E-state index is -3.33. The van der Waals surface area contributed by atoms with E-state index in [-0.39, 0.29) is 5.82 Å². The lowest BCUT2D eigenvalue weighted by Crippen LogP contribution is -2.35. The number of nitrogens with zero attached hydrogens (tertiary/aromatic N) is 3. The fourth-order valence-electron chi connectivity index (χ4n) is 3.45. The summed E-state index contributed by atoms with van der Waals surface area (Å²) in [5.74, 6) is -3.26. The van der Waals surface area contributed by atoms with Crippen LogP contribution in [0.4, 0.5) is 20.3 Å². The van der Waals surface area contributed by atoms with Crippen LogP contribution >= 0.6 is 0 Å². The first-order valence-electron chi connectivity index (χ1n) is 9.31. The number of ether oxygens (including phenoxy) is 2. The van der Waals surface area contributed by atoms with Crippen LogP contribution in [-0.4, -0.2) is 59.4 Å². The number of aliphatic hydroxyl groups is 1. The highest BCUT2D eigenvalue weighted by Crippen LogP contribution is 2.41. The third kappa shape index (κ3) is 3.73. The van der Waals surface area contributed by atoms with E-state index < -0.39 is 42.9 Å². The number of nitrogens with one attached hydrogen (secondary N) is 1. The number of anilines is 2. The van der Waals surface area contributed by atoms with Gasteiger partial charge in [-0.15, -0.1) is 0 Å². The Morgan fingerprint density at radius 2 is 2.20 bits per heavy atom. The number of rotatable bonds is 4. The van der Waals surface area contributed by atoms with Gasteiger partial charge in [0.05, 0.1) is 24.9 Å². The molecule has 9 nitrogen and oxygen atoms in total. The van der Waals surface area contributed by atoms with Gasteiger partial charge in [0.2, 0.25) is 6.23 Å². The summed E-state index contributed by atoms with van der Waals surface area (Å²) >= 11 is 0. The molecule has 1 aromatic heterocycles. The molecule has 4 rings (SSSR count). The molecule has 2 aliphatic rings. The van der Waals surface area contributed by atoms with Gasteiger partial charge in [-0.1, -0.05) is 0 Å². The molecule has 1 amide bonds. The average molecular weight is 422 g/mol. The van der Waals surface area contributed by atoms with Gasteiger partial charge in [-0.05, 0) is 24.3 Å². The van der Waals surface area contributed by atoms with E-state index in [1.807, 2.05) is 11.9 Å². The number of aliphatic hydroxyl groups excluding tert-OH is 1. The molecule has 1 saturated heterocycles. The van der Waals surface area contributed by atoms with Crippen LogP contribution in [0.1, 0.15) is 23.0 Å². The number of aromatic nitrogens is 2. The maximum atomic E-state index is 14.1. The molecule has 2 N–H and O–H groups in total. The van der Waals surface area contributed by atoms with Crippen molar-refractivity contribution in [3.63, 3.8) is 0 Å². The SMILES string of the molecule is CN1CCOc2ccc(C(=O)Nc3ccn(C4OC(CO)CC4(F)F)c(=O)n3)cc21. The van der Waals surface area contributed by atoms with Crippen molar-refractivity contribution in [3.05, 3.63) is 46.5 Å². The van der Waals surface area contributed by atoms with Crippen molar-refractivity contribution in [2.24, 2.45) is 0 Å². The molecular weight excluding hydrogens is 402 g/mol. The minimum Gasteiger partial charge on any atom is -0.490 e. The van der Waals surface area contributed by atoms with Crippen molar-refractivity contribution >= 4 is 17.4 Å². The fraction of sp³-hybridized carbons (Fsp3) is 0.421. The van der Waals surface area contributed by atoms with Crippen LogP contribution in [0.25, 0.3) is 0 Å². The van der Waals surface area contributed by atoms with Gasteiger partial charge in [0.1, 0.15) is 18.2 Å². The Hall–Kier alpha value is -3.05. The summed E-state index contributed by atoms with van der Waals surface area (Å²) in [5.41, 5.74) is 0.0829. The van der Waals surface area contributed by atoms with Crippen LogP contribution in [0.2, 0.25) is 0 Å². The van der Waals surface area contributed by atoms with Gasteiger partial charge in [0.25, 0.3) is 11.8 Å². The van der Waals surface area contributed by atoms with Gasteiger partial charge >= 0.3 is 5.69 Å². The molecule has 1 fully saturated rings. The summed E-state index contributed by atoms with van der Waals surface area (Å²) in [6, 6.07) is 6.16. The van der Waals surface area contributed by atoms with E-state index in [0.29, 0.717) is 29.0 Å². The van der Waals surface area contributed by atoms with Crippen molar-refractivity contribution in [1.29, 1.82) is 0 Å². The van der Waals surface area contributed by atoms with Crippen LogP contribution in [0.3, 0.4) is 0 Å². The summed E-state index contributed by atoms with van der Waals surface area (Å²) in [6.07, 6.45) is -2.55. The van der Waals surface area contributed by atoms with Gasteiger partial charge in [-0.3, -0.25) is 9.36 Å². The molecule has 3 heterocycles. The van der Waals surface area contributed by atoms with Crippen molar-refractivity contribution in [3.8, 4) is 5.75 Å². The van der Waals surface area contributed by atoms with Crippen molar-refractivity contribution < 1.29 is 28.2 Å². The molecule has 2 aliphatic heterocycles. The molecule has 30 heavy (non-hydrogen) atoms. The van der Waals surface area contributed by atoms with Crippen LogP contribution in [0.15, 0.2) is 35.3 Å². The standard InChI is InChI=1S/C19H20F2N4O5/c1-24-6-7-29-14-3-2-11(8-13(14)24)16(27)22-15-4-5-25(18(28)23-15)17-19(20,21)9-12(10-26)30-17/h2-5,8,12,17,26H,6-7,9-10H2,1H3,(H,22,23,27,28). The molecule has 2 atom stereocenters. The van der Waals surface area contributed by atoms with Crippen molar-refractivity contribution in [2.75, 3.05) is 37.0 Å². The van der Waals surface area contributed by atoms with Gasteiger partial charge in [0.15, 0.2) is 0 Å². The second-order valence-corrected chi connectivity index (χ2v) is 7.17. The van der Waals surface area contributed by atoms with E-state index >= 15 is 0 Å². The second-order valence-electron chi connectivity index (χ2n) is 7.17. The zero-order chi connectivity index (χ0) is 21.5. The van der Waals surface area contributed by atoms with Gasteiger partial charge in [-0.2, -0.15) is 4.98 Å². The van der Waals surface area contributed by atoms with E-state index in [9.17, 15) is 18.4 Å². The Labute approximate surface area is 169 Å². The van der Waals surface area contributed by atoms with Crippen LogP contribution in [-0.2, 0) is 4.74 Å². The second kappa shape index (κ2) is 7.65. The van der Waals surface area contributed by atoms with Crippen molar-refractivity contribution in [2.45, 2.75) is 24.7 Å². The number of hydrogen-bond acceptors (Lipinski definition) is 7. The first kappa shape index (κ1) is 20.2. The third-order valence-corrected chi connectivity index (χ3v) is 5.03. The number of carbonyl (C=O) groups excluding carboxylic acids is 1. The molecule has 0 radical (unpaired) electrons. The maximum absolute atomic E-state index is 14.1. The average Bonchev–Trinajstić information content (AvgIpc) is 3.02. The topological polar surface area (TPSA) is 106 Å². The highest BCUT2D eigenvalue weighted by molar-refractivity contribution is 6.04. The summed E-state index contributed by atoms with van der Waals surface area (Å²) in [6.45, 7) is 0.657.